The molecule has 0 saturated heterocycles. The van der Waals surface area contributed by atoms with Crippen LogP contribution in [0.1, 0.15) is 56.9 Å². The fourth-order valence-electron chi connectivity index (χ4n) is 3.03. The maximum Gasteiger partial charge on any atom is 0.408 e. The molecular weight excluding hydrogens is 294 g/mol. The first-order chi connectivity index (χ1) is 11.1. The van der Waals surface area contributed by atoms with Crippen LogP contribution in [0.15, 0.2) is 30.3 Å². The monoisotopic (exact) mass is 319 g/mol. The van der Waals surface area contributed by atoms with Gasteiger partial charge in [0.25, 0.3) is 0 Å². The number of carboxylic acids is 1. The van der Waals surface area contributed by atoms with Crippen LogP contribution in [-0.4, -0.2) is 22.7 Å². The predicted molar refractivity (Wildman–Crippen MR) is 87.1 cm³/mol. The molecule has 1 aromatic carbocycles. The standard InChI is InChI=1S/C18H25NO4/c20-16(21)18(12-8-3-1-2-4-9-13-18)19-17(22)23-14-15-10-6-5-7-11-15/h5-7,10-11H,1-4,8-9,12-14H2,(H,19,22)(H,20,21). The van der Waals surface area contributed by atoms with Gasteiger partial charge in [0, 0.05) is 0 Å². The number of carbonyl (C=O) groups excluding carboxylic acids is 1. The van der Waals surface area contributed by atoms with Gasteiger partial charge in [0.15, 0.2) is 0 Å². The first kappa shape index (κ1) is 17.3. The molecule has 2 N–H and O–H groups in total. The van der Waals surface area contributed by atoms with Crippen molar-refractivity contribution in [3.05, 3.63) is 35.9 Å². The number of hydrogen-bond acceptors (Lipinski definition) is 3. The molecular formula is C18H25NO4. The maximum absolute atomic E-state index is 12.1. The molecule has 0 spiro atoms. The van der Waals surface area contributed by atoms with Crippen LogP contribution in [-0.2, 0) is 16.1 Å². The molecule has 2 rings (SSSR count). The van der Waals surface area contributed by atoms with E-state index >= 15 is 0 Å². The molecule has 0 atom stereocenters. The number of rotatable bonds is 4. The topological polar surface area (TPSA) is 75.6 Å². The summed E-state index contributed by atoms with van der Waals surface area (Å²) in [6.45, 7) is 0.141. The van der Waals surface area contributed by atoms with Crippen LogP contribution in [0.25, 0.3) is 0 Å². The number of nitrogens with one attached hydrogen (secondary N) is 1. The Morgan fingerprint density at radius 3 is 2.13 bits per heavy atom. The average molecular weight is 319 g/mol. The summed E-state index contributed by atoms with van der Waals surface area (Å²) in [6, 6.07) is 9.35. The van der Waals surface area contributed by atoms with E-state index in [4.69, 9.17) is 4.74 Å². The summed E-state index contributed by atoms with van der Waals surface area (Å²) in [5, 5.41) is 12.3. The van der Waals surface area contributed by atoms with Crippen molar-refractivity contribution in [1.29, 1.82) is 0 Å². The van der Waals surface area contributed by atoms with Gasteiger partial charge < -0.3 is 15.2 Å². The summed E-state index contributed by atoms with van der Waals surface area (Å²) >= 11 is 0. The predicted octanol–water partition coefficient (Wildman–Crippen LogP) is 3.87. The number of aliphatic carboxylic acids is 1. The molecule has 5 heteroatoms. The summed E-state index contributed by atoms with van der Waals surface area (Å²) in [6.07, 6.45) is 6.17. The molecule has 126 valence electrons. The van der Waals surface area contributed by atoms with Crippen LogP contribution in [0.2, 0.25) is 0 Å². The Balaban J connectivity index is 1.96. The van der Waals surface area contributed by atoms with E-state index in [0.717, 1.165) is 44.1 Å². The zero-order chi connectivity index (χ0) is 16.5. The van der Waals surface area contributed by atoms with Crippen molar-refractivity contribution in [2.24, 2.45) is 0 Å². The molecule has 0 aromatic heterocycles. The maximum atomic E-state index is 12.1. The van der Waals surface area contributed by atoms with E-state index < -0.39 is 17.6 Å². The number of ether oxygens (including phenoxy) is 1. The van der Waals surface area contributed by atoms with Crippen LogP contribution < -0.4 is 5.32 Å². The molecule has 23 heavy (non-hydrogen) atoms. The highest BCUT2D eigenvalue weighted by Crippen LogP contribution is 2.26. The highest BCUT2D eigenvalue weighted by atomic mass is 16.5. The second-order valence-corrected chi connectivity index (χ2v) is 6.20. The fraction of sp³-hybridized carbons (Fsp3) is 0.556. The van der Waals surface area contributed by atoms with Crippen LogP contribution in [0.3, 0.4) is 0 Å². The van der Waals surface area contributed by atoms with Crippen molar-refractivity contribution < 1.29 is 19.4 Å². The summed E-state index contributed by atoms with van der Waals surface area (Å²) in [5.74, 6) is -0.962. The number of benzene rings is 1. The van der Waals surface area contributed by atoms with E-state index in [2.05, 4.69) is 5.32 Å². The summed E-state index contributed by atoms with van der Waals surface area (Å²) < 4.78 is 5.20. The van der Waals surface area contributed by atoms with Gasteiger partial charge in [0.05, 0.1) is 0 Å². The molecule has 0 unspecified atom stereocenters. The van der Waals surface area contributed by atoms with Gasteiger partial charge in [-0.05, 0) is 18.4 Å². The smallest absolute Gasteiger partial charge is 0.408 e. The van der Waals surface area contributed by atoms with Gasteiger partial charge in [-0.25, -0.2) is 9.59 Å². The zero-order valence-electron chi connectivity index (χ0n) is 13.4. The Kier molecular flexibility index (Phi) is 6.44. The molecule has 0 aliphatic heterocycles. The normalized spacial score (nSPS) is 18.1. The average Bonchev–Trinajstić information content (AvgIpc) is 2.67. The molecule has 0 radical (unpaired) electrons. The number of amides is 1. The van der Waals surface area contributed by atoms with E-state index in [0.29, 0.717) is 12.8 Å². The second kappa shape index (κ2) is 8.56. The molecule has 0 bridgehead atoms. The van der Waals surface area contributed by atoms with E-state index in [-0.39, 0.29) is 6.61 Å². The quantitative estimate of drug-likeness (QED) is 0.883. The largest absolute Gasteiger partial charge is 0.480 e. The Morgan fingerprint density at radius 1 is 1.00 bits per heavy atom. The van der Waals surface area contributed by atoms with E-state index in [1.807, 2.05) is 30.3 Å². The first-order valence-electron chi connectivity index (χ1n) is 8.35. The van der Waals surface area contributed by atoms with Gasteiger partial charge >= 0.3 is 12.1 Å². The van der Waals surface area contributed by atoms with Gasteiger partial charge in [-0.15, -0.1) is 0 Å². The van der Waals surface area contributed by atoms with Crippen molar-refractivity contribution in [1.82, 2.24) is 5.32 Å². The minimum absolute atomic E-state index is 0.141. The van der Waals surface area contributed by atoms with Crippen LogP contribution in [0.5, 0.6) is 0 Å². The molecule has 1 aromatic rings. The minimum Gasteiger partial charge on any atom is -0.480 e. The fourth-order valence-corrected chi connectivity index (χ4v) is 3.03. The molecule has 5 nitrogen and oxygen atoms in total. The third kappa shape index (κ3) is 5.27. The van der Waals surface area contributed by atoms with Crippen molar-refractivity contribution in [2.75, 3.05) is 0 Å². The van der Waals surface area contributed by atoms with Crippen molar-refractivity contribution >= 4 is 12.1 Å². The van der Waals surface area contributed by atoms with Gasteiger partial charge in [-0.1, -0.05) is 68.9 Å². The summed E-state index contributed by atoms with van der Waals surface area (Å²) in [7, 11) is 0. The lowest BCUT2D eigenvalue weighted by Crippen LogP contribution is -2.54. The lowest BCUT2D eigenvalue weighted by molar-refractivity contribution is -0.145. The van der Waals surface area contributed by atoms with Crippen molar-refractivity contribution in [3.63, 3.8) is 0 Å². The molecule has 0 heterocycles. The van der Waals surface area contributed by atoms with Gasteiger partial charge in [0.2, 0.25) is 0 Å². The second-order valence-electron chi connectivity index (χ2n) is 6.20. The van der Waals surface area contributed by atoms with E-state index in [1.54, 1.807) is 0 Å². The molecule has 1 fully saturated rings. The Morgan fingerprint density at radius 2 is 1.57 bits per heavy atom. The Bertz CT molecular complexity index is 505. The molecule has 1 saturated carbocycles. The number of alkyl carbamates (subject to hydrolysis) is 1. The third-order valence-corrected chi connectivity index (χ3v) is 4.42. The number of hydrogen-bond donors (Lipinski definition) is 2. The Labute approximate surface area is 137 Å². The van der Waals surface area contributed by atoms with Gasteiger partial charge in [0.1, 0.15) is 12.1 Å². The van der Waals surface area contributed by atoms with Crippen molar-refractivity contribution in [3.8, 4) is 0 Å². The van der Waals surface area contributed by atoms with Crippen LogP contribution >= 0.6 is 0 Å². The highest BCUT2D eigenvalue weighted by molar-refractivity contribution is 5.84. The number of carbonyl (C=O) groups is 2. The minimum atomic E-state index is -1.20. The zero-order valence-corrected chi connectivity index (χ0v) is 13.4. The highest BCUT2D eigenvalue weighted by Gasteiger charge is 2.39. The van der Waals surface area contributed by atoms with Gasteiger partial charge in [-0.2, -0.15) is 0 Å². The van der Waals surface area contributed by atoms with Crippen molar-refractivity contribution in [2.45, 2.75) is 63.5 Å². The Hall–Kier alpha value is -2.04. The third-order valence-electron chi connectivity index (χ3n) is 4.42. The summed E-state index contributed by atoms with van der Waals surface area (Å²) in [4.78, 5) is 23.9. The van der Waals surface area contributed by atoms with Gasteiger partial charge in [-0.3, -0.25) is 0 Å². The summed E-state index contributed by atoms with van der Waals surface area (Å²) in [5.41, 5.74) is -0.320. The van der Waals surface area contributed by atoms with Crippen LogP contribution in [0.4, 0.5) is 4.79 Å². The molecule has 1 aliphatic rings. The number of carboxylic acid groups (broad SMARTS) is 1. The SMILES string of the molecule is O=C(NC1(C(=O)O)CCCCCCCC1)OCc1ccccc1. The molecule has 1 aliphatic carbocycles. The lowest BCUT2D eigenvalue weighted by atomic mass is 9.88. The van der Waals surface area contributed by atoms with E-state index in [9.17, 15) is 14.7 Å². The lowest BCUT2D eigenvalue weighted by Gasteiger charge is -2.30. The first-order valence-corrected chi connectivity index (χ1v) is 8.35. The molecule has 1 amide bonds. The van der Waals surface area contributed by atoms with E-state index in [1.165, 1.54) is 0 Å². The van der Waals surface area contributed by atoms with Crippen LogP contribution in [0, 0.1) is 0 Å².